The Morgan fingerprint density at radius 3 is 2.62 bits per heavy atom. The Balaban J connectivity index is 1.42. The Hall–Kier alpha value is -0.0800. The first-order valence-corrected chi connectivity index (χ1v) is 7.35. The molecule has 0 aromatic heterocycles. The van der Waals surface area contributed by atoms with Gasteiger partial charge in [-0.05, 0) is 38.0 Å². The van der Waals surface area contributed by atoms with Crippen LogP contribution in [0.25, 0.3) is 0 Å². The monoisotopic (exact) mass is 222 g/mol. The summed E-state index contributed by atoms with van der Waals surface area (Å²) in [5.74, 6) is 1.07. The third-order valence-corrected chi connectivity index (χ3v) is 4.56. The van der Waals surface area contributed by atoms with Gasteiger partial charge in [-0.3, -0.25) is 4.90 Å². The molecule has 3 rings (SSSR count). The van der Waals surface area contributed by atoms with Gasteiger partial charge in [0.05, 0.1) is 0 Å². The predicted octanol–water partition coefficient (Wildman–Crippen LogP) is 2.39. The molecule has 0 radical (unpaired) electrons. The van der Waals surface area contributed by atoms with E-state index in [1.807, 2.05) is 0 Å². The number of hydrogen-bond acceptors (Lipinski definition) is 2. The van der Waals surface area contributed by atoms with Crippen molar-refractivity contribution in [3.05, 3.63) is 0 Å². The van der Waals surface area contributed by atoms with E-state index in [4.69, 9.17) is 0 Å². The Morgan fingerprint density at radius 1 is 1.19 bits per heavy atom. The minimum atomic E-state index is 0.796. The van der Waals surface area contributed by atoms with Gasteiger partial charge in [0, 0.05) is 31.2 Å². The van der Waals surface area contributed by atoms with Crippen LogP contribution < -0.4 is 5.32 Å². The summed E-state index contributed by atoms with van der Waals surface area (Å²) in [4.78, 5) is 2.71. The molecule has 2 unspecified atom stereocenters. The van der Waals surface area contributed by atoms with Crippen molar-refractivity contribution in [3.8, 4) is 0 Å². The molecule has 0 spiro atoms. The fraction of sp³-hybridized carbons (Fsp3) is 1.00. The molecule has 2 aliphatic carbocycles. The molecule has 1 aliphatic heterocycles. The molecule has 3 aliphatic rings. The van der Waals surface area contributed by atoms with E-state index >= 15 is 0 Å². The van der Waals surface area contributed by atoms with Crippen LogP contribution in [0.2, 0.25) is 0 Å². The van der Waals surface area contributed by atoms with Crippen LogP contribution in [0.15, 0.2) is 0 Å². The zero-order valence-corrected chi connectivity index (χ0v) is 10.6. The second kappa shape index (κ2) is 4.66. The smallest absolute Gasteiger partial charge is 0.0209 e. The third-order valence-electron chi connectivity index (χ3n) is 4.56. The van der Waals surface area contributed by atoms with Crippen molar-refractivity contribution in [2.75, 3.05) is 13.1 Å². The number of rotatable bonds is 6. The number of hydrogen-bond donors (Lipinski definition) is 1. The fourth-order valence-corrected chi connectivity index (χ4v) is 3.14. The highest BCUT2D eigenvalue weighted by Crippen LogP contribution is 2.34. The zero-order chi connectivity index (χ0) is 11.0. The highest BCUT2D eigenvalue weighted by Gasteiger charge is 2.35. The molecule has 0 amide bonds. The van der Waals surface area contributed by atoms with Crippen LogP contribution in [-0.2, 0) is 0 Å². The maximum atomic E-state index is 3.91. The molecular weight excluding hydrogens is 196 g/mol. The molecule has 16 heavy (non-hydrogen) atoms. The van der Waals surface area contributed by atoms with Gasteiger partial charge in [0.15, 0.2) is 0 Å². The first-order valence-electron chi connectivity index (χ1n) is 7.35. The molecule has 0 bridgehead atoms. The molecule has 1 N–H and O–H groups in total. The molecule has 0 aromatic carbocycles. The van der Waals surface area contributed by atoms with Crippen LogP contribution in [0.3, 0.4) is 0 Å². The average molecular weight is 222 g/mol. The molecular formula is C14H26N2. The normalized spacial score (nSPS) is 33.2. The van der Waals surface area contributed by atoms with Gasteiger partial charge < -0.3 is 5.32 Å². The van der Waals surface area contributed by atoms with E-state index in [1.54, 1.807) is 0 Å². The molecule has 1 saturated heterocycles. The van der Waals surface area contributed by atoms with Crippen molar-refractivity contribution >= 4 is 0 Å². The molecule has 2 nitrogen and oxygen atoms in total. The highest BCUT2D eigenvalue weighted by atomic mass is 15.2. The van der Waals surface area contributed by atoms with Gasteiger partial charge in [0.2, 0.25) is 0 Å². The fourth-order valence-electron chi connectivity index (χ4n) is 3.14. The molecule has 2 heteroatoms. The predicted molar refractivity (Wildman–Crippen MR) is 67.6 cm³/mol. The van der Waals surface area contributed by atoms with Gasteiger partial charge in [-0.15, -0.1) is 0 Å². The SMILES string of the molecule is CCC(CC1CC1)NC1CCN(C2CC2)C1. The summed E-state index contributed by atoms with van der Waals surface area (Å²) in [6.07, 6.45) is 10.1. The maximum absolute atomic E-state index is 3.91. The lowest BCUT2D eigenvalue weighted by Gasteiger charge is -2.22. The Labute approximate surface area is 99.8 Å². The lowest BCUT2D eigenvalue weighted by Crippen LogP contribution is -2.40. The minimum Gasteiger partial charge on any atom is -0.310 e. The Morgan fingerprint density at radius 2 is 2.00 bits per heavy atom. The minimum absolute atomic E-state index is 0.796. The van der Waals surface area contributed by atoms with Crippen molar-refractivity contribution in [3.63, 3.8) is 0 Å². The van der Waals surface area contributed by atoms with Crippen molar-refractivity contribution in [1.29, 1.82) is 0 Å². The summed E-state index contributed by atoms with van der Waals surface area (Å²) in [6.45, 7) is 5.02. The van der Waals surface area contributed by atoms with Crippen molar-refractivity contribution in [2.45, 2.75) is 70.0 Å². The van der Waals surface area contributed by atoms with Crippen LogP contribution >= 0.6 is 0 Å². The van der Waals surface area contributed by atoms with Crippen molar-refractivity contribution in [1.82, 2.24) is 10.2 Å². The summed E-state index contributed by atoms with van der Waals surface area (Å²) in [5.41, 5.74) is 0. The quantitative estimate of drug-likeness (QED) is 0.742. The summed E-state index contributed by atoms with van der Waals surface area (Å²) in [6, 6.07) is 2.57. The molecule has 3 fully saturated rings. The number of nitrogens with one attached hydrogen (secondary N) is 1. The number of likely N-dealkylation sites (tertiary alicyclic amines) is 1. The molecule has 1 heterocycles. The van der Waals surface area contributed by atoms with Crippen LogP contribution in [-0.4, -0.2) is 36.1 Å². The molecule has 2 saturated carbocycles. The van der Waals surface area contributed by atoms with E-state index in [1.165, 1.54) is 58.0 Å². The largest absolute Gasteiger partial charge is 0.310 e. The van der Waals surface area contributed by atoms with Crippen molar-refractivity contribution < 1.29 is 0 Å². The molecule has 92 valence electrons. The zero-order valence-electron chi connectivity index (χ0n) is 10.6. The second-order valence-corrected chi connectivity index (χ2v) is 6.16. The molecule has 0 aromatic rings. The van der Waals surface area contributed by atoms with Gasteiger partial charge in [-0.1, -0.05) is 19.8 Å². The van der Waals surface area contributed by atoms with E-state index in [9.17, 15) is 0 Å². The van der Waals surface area contributed by atoms with Gasteiger partial charge in [0.1, 0.15) is 0 Å². The van der Waals surface area contributed by atoms with Crippen LogP contribution in [0, 0.1) is 5.92 Å². The first-order chi connectivity index (χ1) is 7.85. The maximum Gasteiger partial charge on any atom is 0.0209 e. The third kappa shape index (κ3) is 2.78. The van der Waals surface area contributed by atoms with E-state index in [0.29, 0.717) is 0 Å². The lowest BCUT2D eigenvalue weighted by molar-refractivity contribution is 0.307. The summed E-state index contributed by atoms with van der Waals surface area (Å²) in [5, 5.41) is 3.91. The summed E-state index contributed by atoms with van der Waals surface area (Å²) in [7, 11) is 0. The van der Waals surface area contributed by atoms with E-state index in [2.05, 4.69) is 17.1 Å². The van der Waals surface area contributed by atoms with Crippen LogP contribution in [0.4, 0.5) is 0 Å². The Kier molecular flexibility index (Phi) is 3.21. The summed E-state index contributed by atoms with van der Waals surface area (Å²) >= 11 is 0. The van der Waals surface area contributed by atoms with E-state index in [0.717, 1.165) is 24.0 Å². The Bertz CT molecular complexity index is 233. The van der Waals surface area contributed by atoms with E-state index in [-0.39, 0.29) is 0 Å². The van der Waals surface area contributed by atoms with Gasteiger partial charge in [-0.25, -0.2) is 0 Å². The van der Waals surface area contributed by atoms with Crippen LogP contribution in [0.5, 0.6) is 0 Å². The number of nitrogens with zero attached hydrogens (tertiary/aromatic N) is 1. The van der Waals surface area contributed by atoms with Gasteiger partial charge in [-0.2, -0.15) is 0 Å². The standard InChI is InChI=1S/C14H26N2/c1-2-12(9-11-3-4-11)15-13-7-8-16(10-13)14-5-6-14/h11-15H,2-10H2,1H3. The van der Waals surface area contributed by atoms with E-state index < -0.39 is 0 Å². The lowest BCUT2D eigenvalue weighted by atomic mass is 10.1. The highest BCUT2D eigenvalue weighted by molar-refractivity contribution is 4.93. The van der Waals surface area contributed by atoms with Gasteiger partial charge >= 0.3 is 0 Å². The van der Waals surface area contributed by atoms with Crippen LogP contribution in [0.1, 0.15) is 51.9 Å². The van der Waals surface area contributed by atoms with Crippen molar-refractivity contribution in [2.24, 2.45) is 5.92 Å². The summed E-state index contributed by atoms with van der Waals surface area (Å²) < 4.78 is 0. The van der Waals surface area contributed by atoms with Gasteiger partial charge in [0.25, 0.3) is 0 Å². The topological polar surface area (TPSA) is 15.3 Å². The second-order valence-electron chi connectivity index (χ2n) is 6.16. The molecule has 2 atom stereocenters. The first kappa shape index (κ1) is 11.0. The average Bonchev–Trinajstić information content (AvgIpc) is 3.19.